The summed E-state index contributed by atoms with van der Waals surface area (Å²) in [6, 6.07) is 35.9. The van der Waals surface area contributed by atoms with Crippen LogP contribution in [0, 0.1) is 6.92 Å². The minimum Gasteiger partial charge on any atom is -0.256 e. The number of aromatic nitrogens is 2. The predicted octanol–water partition coefficient (Wildman–Crippen LogP) is 7.45. The zero-order chi connectivity index (χ0) is 21.0. The van der Waals surface area contributed by atoms with E-state index in [2.05, 4.69) is 83.6 Å². The molecule has 31 heavy (non-hydrogen) atoms. The van der Waals surface area contributed by atoms with Crippen molar-refractivity contribution in [1.29, 1.82) is 0 Å². The molecule has 0 saturated heterocycles. The maximum Gasteiger partial charge on any atom is 0.0702 e. The van der Waals surface area contributed by atoms with Crippen LogP contribution in [0.2, 0.25) is 0 Å². The van der Waals surface area contributed by atoms with Crippen molar-refractivity contribution in [2.45, 2.75) is 6.92 Å². The van der Waals surface area contributed by atoms with Gasteiger partial charge in [0.15, 0.2) is 0 Å². The van der Waals surface area contributed by atoms with Crippen molar-refractivity contribution in [1.82, 2.24) is 9.97 Å². The SMILES string of the molecule is Cc1cc(-c2cccc(-c3ccccn3)c2)cc(-c2cccc(-c3ccccn3)c2)c1. The third kappa shape index (κ3) is 4.15. The summed E-state index contributed by atoms with van der Waals surface area (Å²) >= 11 is 0. The first-order valence-electron chi connectivity index (χ1n) is 10.4. The van der Waals surface area contributed by atoms with Gasteiger partial charge in [0.25, 0.3) is 0 Å². The van der Waals surface area contributed by atoms with Crippen LogP contribution in [0.4, 0.5) is 0 Å². The van der Waals surface area contributed by atoms with Gasteiger partial charge in [0.2, 0.25) is 0 Å². The molecule has 2 aromatic heterocycles. The molecular weight excluding hydrogens is 376 g/mol. The van der Waals surface area contributed by atoms with Gasteiger partial charge in [-0.3, -0.25) is 9.97 Å². The summed E-state index contributed by atoms with van der Waals surface area (Å²) in [7, 11) is 0. The highest BCUT2D eigenvalue weighted by atomic mass is 14.7. The summed E-state index contributed by atoms with van der Waals surface area (Å²) in [6.45, 7) is 2.15. The number of benzene rings is 3. The van der Waals surface area contributed by atoms with E-state index in [0.717, 1.165) is 22.5 Å². The number of pyridine rings is 2. The molecule has 2 nitrogen and oxygen atoms in total. The number of rotatable bonds is 4. The quantitative estimate of drug-likeness (QED) is 0.314. The Labute approximate surface area is 182 Å². The summed E-state index contributed by atoms with van der Waals surface area (Å²) in [4.78, 5) is 9.00. The molecule has 0 fully saturated rings. The maximum atomic E-state index is 4.50. The van der Waals surface area contributed by atoms with E-state index in [4.69, 9.17) is 0 Å². The molecule has 5 aromatic rings. The first kappa shape index (κ1) is 19.0. The highest BCUT2D eigenvalue weighted by Crippen LogP contribution is 2.32. The lowest BCUT2D eigenvalue weighted by Gasteiger charge is -2.11. The molecule has 0 saturated carbocycles. The fourth-order valence-electron chi connectivity index (χ4n) is 3.90. The average Bonchev–Trinajstić information content (AvgIpc) is 2.85. The standard InChI is InChI=1S/C29H22N2/c1-21-16-26(22-8-6-10-24(18-22)28-12-2-4-14-30-28)20-27(17-21)23-9-7-11-25(19-23)29-13-3-5-15-31-29/h2-20H,1H3. The monoisotopic (exact) mass is 398 g/mol. The smallest absolute Gasteiger partial charge is 0.0702 e. The van der Waals surface area contributed by atoms with Gasteiger partial charge >= 0.3 is 0 Å². The Morgan fingerprint density at radius 2 is 0.871 bits per heavy atom. The van der Waals surface area contributed by atoms with Gasteiger partial charge in [-0.15, -0.1) is 0 Å². The van der Waals surface area contributed by atoms with Gasteiger partial charge in [0.1, 0.15) is 0 Å². The van der Waals surface area contributed by atoms with Gasteiger partial charge in [0, 0.05) is 23.5 Å². The van der Waals surface area contributed by atoms with Crippen LogP contribution < -0.4 is 0 Å². The zero-order valence-electron chi connectivity index (χ0n) is 17.4. The Bertz CT molecular complexity index is 1220. The Balaban J connectivity index is 1.56. The van der Waals surface area contributed by atoms with E-state index in [0.29, 0.717) is 0 Å². The van der Waals surface area contributed by atoms with Crippen LogP contribution >= 0.6 is 0 Å². The Morgan fingerprint density at radius 3 is 1.32 bits per heavy atom. The highest BCUT2D eigenvalue weighted by Gasteiger charge is 2.07. The predicted molar refractivity (Wildman–Crippen MR) is 129 cm³/mol. The fraction of sp³-hybridized carbons (Fsp3) is 0.0345. The van der Waals surface area contributed by atoms with Crippen molar-refractivity contribution in [3.8, 4) is 44.8 Å². The van der Waals surface area contributed by atoms with E-state index in [1.54, 1.807) is 0 Å². The number of hydrogen-bond acceptors (Lipinski definition) is 2. The largest absolute Gasteiger partial charge is 0.256 e. The van der Waals surface area contributed by atoms with Gasteiger partial charge in [0.05, 0.1) is 11.4 Å². The van der Waals surface area contributed by atoms with E-state index in [9.17, 15) is 0 Å². The molecule has 0 atom stereocenters. The number of hydrogen-bond donors (Lipinski definition) is 0. The van der Waals surface area contributed by atoms with Gasteiger partial charge in [-0.2, -0.15) is 0 Å². The van der Waals surface area contributed by atoms with E-state index < -0.39 is 0 Å². The van der Waals surface area contributed by atoms with Crippen LogP contribution in [0.25, 0.3) is 44.8 Å². The van der Waals surface area contributed by atoms with Crippen molar-refractivity contribution in [2.24, 2.45) is 0 Å². The minimum atomic E-state index is 0.986. The van der Waals surface area contributed by atoms with E-state index in [-0.39, 0.29) is 0 Å². The lowest BCUT2D eigenvalue weighted by atomic mass is 9.94. The first-order valence-corrected chi connectivity index (χ1v) is 10.4. The molecule has 0 amide bonds. The fourth-order valence-corrected chi connectivity index (χ4v) is 3.90. The molecule has 2 heterocycles. The van der Waals surface area contributed by atoms with Crippen LogP contribution in [0.15, 0.2) is 116 Å². The van der Waals surface area contributed by atoms with E-state index >= 15 is 0 Å². The molecule has 0 aliphatic rings. The topological polar surface area (TPSA) is 25.8 Å². The average molecular weight is 399 g/mol. The van der Waals surface area contributed by atoms with E-state index in [1.165, 1.54) is 27.8 Å². The molecule has 5 rings (SSSR count). The molecule has 3 aromatic carbocycles. The van der Waals surface area contributed by atoms with Crippen LogP contribution in [0.3, 0.4) is 0 Å². The lowest BCUT2D eigenvalue weighted by Crippen LogP contribution is -1.88. The van der Waals surface area contributed by atoms with Crippen molar-refractivity contribution < 1.29 is 0 Å². The Kier molecular flexibility index (Phi) is 5.12. The van der Waals surface area contributed by atoms with E-state index in [1.807, 2.05) is 48.8 Å². The lowest BCUT2D eigenvalue weighted by molar-refractivity contribution is 1.33. The molecule has 2 heteroatoms. The molecule has 0 bridgehead atoms. The Hall–Kier alpha value is -4.04. The van der Waals surface area contributed by atoms with Gasteiger partial charge in [-0.05, 0) is 77.2 Å². The van der Waals surface area contributed by atoms with Crippen molar-refractivity contribution in [3.63, 3.8) is 0 Å². The normalized spacial score (nSPS) is 10.7. The molecule has 0 aliphatic carbocycles. The molecular formula is C29H22N2. The second kappa shape index (κ2) is 8.37. The first-order chi connectivity index (χ1) is 15.3. The third-order valence-corrected chi connectivity index (χ3v) is 5.39. The summed E-state index contributed by atoms with van der Waals surface area (Å²) in [6.07, 6.45) is 3.67. The van der Waals surface area contributed by atoms with Crippen molar-refractivity contribution in [3.05, 3.63) is 121 Å². The maximum absolute atomic E-state index is 4.50. The number of nitrogens with zero attached hydrogens (tertiary/aromatic N) is 2. The number of aryl methyl sites for hydroxylation is 1. The molecule has 148 valence electrons. The minimum absolute atomic E-state index is 0.986. The third-order valence-electron chi connectivity index (χ3n) is 5.39. The highest BCUT2D eigenvalue weighted by molar-refractivity contribution is 5.78. The molecule has 0 unspecified atom stereocenters. The molecule has 0 N–H and O–H groups in total. The van der Waals surface area contributed by atoms with Crippen LogP contribution in [0.1, 0.15) is 5.56 Å². The second-order valence-electron chi connectivity index (χ2n) is 7.68. The summed E-state index contributed by atoms with van der Waals surface area (Å²) < 4.78 is 0. The summed E-state index contributed by atoms with van der Waals surface area (Å²) in [5, 5.41) is 0. The van der Waals surface area contributed by atoms with Crippen molar-refractivity contribution in [2.75, 3.05) is 0 Å². The van der Waals surface area contributed by atoms with Crippen LogP contribution in [0.5, 0.6) is 0 Å². The van der Waals surface area contributed by atoms with Gasteiger partial charge in [-0.25, -0.2) is 0 Å². The zero-order valence-corrected chi connectivity index (χ0v) is 17.4. The molecule has 0 radical (unpaired) electrons. The Morgan fingerprint density at radius 1 is 0.419 bits per heavy atom. The summed E-state index contributed by atoms with van der Waals surface area (Å²) in [5.74, 6) is 0. The second-order valence-corrected chi connectivity index (χ2v) is 7.68. The van der Waals surface area contributed by atoms with Gasteiger partial charge < -0.3 is 0 Å². The summed E-state index contributed by atoms with van der Waals surface area (Å²) in [5.41, 5.74) is 10.2. The molecule has 0 aliphatic heterocycles. The van der Waals surface area contributed by atoms with Crippen molar-refractivity contribution >= 4 is 0 Å². The molecule has 0 spiro atoms. The van der Waals surface area contributed by atoms with Crippen LogP contribution in [-0.2, 0) is 0 Å². The van der Waals surface area contributed by atoms with Crippen LogP contribution in [-0.4, -0.2) is 9.97 Å². The van der Waals surface area contributed by atoms with Gasteiger partial charge in [-0.1, -0.05) is 60.7 Å².